The minimum Gasteiger partial charge on any atom is -0.497 e. The largest absolute Gasteiger partial charge is 0.497 e. The van der Waals surface area contributed by atoms with E-state index in [2.05, 4.69) is 0 Å². The number of methoxy groups -OCH3 is 1. The van der Waals surface area contributed by atoms with E-state index in [0.29, 0.717) is 10.0 Å². The maximum absolute atomic E-state index is 6.19. The topological polar surface area (TPSA) is 35.2 Å². The van der Waals surface area contributed by atoms with Crippen LogP contribution >= 0.6 is 23.2 Å². The van der Waals surface area contributed by atoms with Gasteiger partial charge in [-0.1, -0.05) is 41.4 Å². The molecule has 100 valence electrons. The Morgan fingerprint density at radius 1 is 1.11 bits per heavy atom. The first-order valence-corrected chi connectivity index (χ1v) is 6.69. The van der Waals surface area contributed by atoms with E-state index in [1.54, 1.807) is 13.2 Å². The van der Waals surface area contributed by atoms with Gasteiger partial charge in [-0.15, -0.1) is 0 Å². The van der Waals surface area contributed by atoms with E-state index < -0.39 is 0 Å². The number of rotatable bonds is 4. The summed E-state index contributed by atoms with van der Waals surface area (Å²) in [6.45, 7) is 0. The Morgan fingerprint density at radius 2 is 1.89 bits per heavy atom. The molecule has 0 bridgehead atoms. The summed E-state index contributed by atoms with van der Waals surface area (Å²) in [7, 11) is 1.65. The Balaban J connectivity index is 2.15. The zero-order chi connectivity index (χ0) is 13.8. The van der Waals surface area contributed by atoms with E-state index in [1.807, 2.05) is 36.4 Å². The van der Waals surface area contributed by atoms with Gasteiger partial charge in [0.05, 0.1) is 17.2 Å². The van der Waals surface area contributed by atoms with Crippen LogP contribution < -0.4 is 10.5 Å². The van der Waals surface area contributed by atoms with Gasteiger partial charge in [0.1, 0.15) is 5.75 Å². The molecule has 2 aromatic rings. The molecule has 2 rings (SSSR count). The third-order valence-corrected chi connectivity index (χ3v) is 3.70. The Labute approximate surface area is 123 Å². The van der Waals surface area contributed by atoms with Gasteiger partial charge in [-0.2, -0.15) is 0 Å². The van der Waals surface area contributed by atoms with Crippen LogP contribution in [-0.2, 0) is 6.42 Å². The van der Waals surface area contributed by atoms with Crippen molar-refractivity contribution in [3.63, 3.8) is 0 Å². The first-order valence-electron chi connectivity index (χ1n) is 5.93. The molecule has 1 atom stereocenters. The van der Waals surface area contributed by atoms with Gasteiger partial charge in [-0.3, -0.25) is 0 Å². The molecule has 0 aliphatic carbocycles. The van der Waals surface area contributed by atoms with Gasteiger partial charge in [-0.05, 0) is 41.8 Å². The molecule has 0 saturated carbocycles. The summed E-state index contributed by atoms with van der Waals surface area (Å²) in [6, 6.07) is 13.2. The van der Waals surface area contributed by atoms with Crippen molar-refractivity contribution in [2.24, 2.45) is 5.73 Å². The summed E-state index contributed by atoms with van der Waals surface area (Å²) in [5.41, 5.74) is 8.29. The number of hydrogen-bond donors (Lipinski definition) is 1. The van der Waals surface area contributed by atoms with E-state index in [-0.39, 0.29) is 6.04 Å². The number of halogens is 2. The van der Waals surface area contributed by atoms with Gasteiger partial charge >= 0.3 is 0 Å². The smallest absolute Gasteiger partial charge is 0.119 e. The third kappa shape index (κ3) is 3.63. The number of ether oxygens (including phenoxy) is 1. The molecular formula is C15H15Cl2NO. The second-order valence-corrected chi connectivity index (χ2v) is 5.15. The zero-order valence-electron chi connectivity index (χ0n) is 10.6. The molecule has 2 nitrogen and oxygen atoms in total. The molecule has 1 unspecified atom stereocenters. The minimum absolute atomic E-state index is 0.123. The molecule has 0 spiro atoms. The van der Waals surface area contributed by atoms with Gasteiger partial charge < -0.3 is 10.5 Å². The summed E-state index contributed by atoms with van der Waals surface area (Å²) >= 11 is 11.9. The number of hydrogen-bond acceptors (Lipinski definition) is 2. The van der Waals surface area contributed by atoms with Crippen molar-refractivity contribution < 1.29 is 4.74 Å². The molecule has 0 amide bonds. The number of benzene rings is 2. The van der Waals surface area contributed by atoms with Crippen molar-refractivity contribution in [2.45, 2.75) is 12.5 Å². The molecule has 0 heterocycles. The van der Waals surface area contributed by atoms with Crippen LogP contribution in [0.4, 0.5) is 0 Å². The SMILES string of the molecule is COc1cccc(CC(N)c2ccc(Cl)c(Cl)c2)c1. The molecule has 0 aromatic heterocycles. The summed E-state index contributed by atoms with van der Waals surface area (Å²) in [4.78, 5) is 0. The standard InChI is InChI=1S/C15H15Cl2NO/c1-19-12-4-2-3-10(7-12)8-15(18)11-5-6-13(16)14(17)9-11/h2-7,9,15H,8,18H2,1H3. The molecule has 0 aliphatic rings. The second-order valence-electron chi connectivity index (χ2n) is 4.34. The van der Waals surface area contributed by atoms with Gasteiger partial charge in [0.25, 0.3) is 0 Å². The minimum atomic E-state index is -0.123. The van der Waals surface area contributed by atoms with Gasteiger partial charge in [0, 0.05) is 6.04 Å². The van der Waals surface area contributed by atoms with Crippen LogP contribution in [0.5, 0.6) is 5.75 Å². The van der Waals surface area contributed by atoms with Crippen LogP contribution in [0.15, 0.2) is 42.5 Å². The van der Waals surface area contributed by atoms with Crippen molar-refractivity contribution in [3.8, 4) is 5.75 Å². The van der Waals surface area contributed by atoms with Gasteiger partial charge in [0.2, 0.25) is 0 Å². The normalized spacial score (nSPS) is 12.2. The van der Waals surface area contributed by atoms with Crippen LogP contribution in [-0.4, -0.2) is 7.11 Å². The first kappa shape index (κ1) is 14.2. The predicted molar refractivity (Wildman–Crippen MR) is 80.1 cm³/mol. The molecule has 19 heavy (non-hydrogen) atoms. The Morgan fingerprint density at radius 3 is 2.58 bits per heavy atom. The predicted octanol–water partition coefficient (Wildman–Crippen LogP) is 4.24. The van der Waals surface area contributed by atoms with Crippen LogP contribution in [0.2, 0.25) is 10.0 Å². The highest BCUT2D eigenvalue weighted by molar-refractivity contribution is 6.42. The lowest BCUT2D eigenvalue weighted by atomic mass is 9.99. The van der Waals surface area contributed by atoms with E-state index in [0.717, 1.165) is 23.3 Å². The van der Waals surface area contributed by atoms with Gasteiger partial charge in [-0.25, -0.2) is 0 Å². The summed E-state index contributed by atoms with van der Waals surface area (Å²) in [5.74, 6) is 0.832. The quantitative estimate of drug-likeness (QED) is 0.915. The molecule has 0 aliphatic heterocycles. The zero-order valence-corrected chi connectivity index (χ0v) is 12.1. The third-order valence-electron chi connectivity index (χ3n) is 2.96. The first-order chi connectivity index (χ1) is 9.10. The average molecular weight is 296 g/mol. The molecular weight excluding hydrogens is 281 g/mol. The Bertz CT molecular complexity index is 572. The monoisotopic (exact) mass is 295 g/mol. The molecule has 2 aromatic carbocycles. The number of nitrogens with two attached hydrogens (primary N) is 1. The fourth-order valence-corrected chi connectivity index (χ4v) is 2.22. The fourth-order valence-electron chi connectivity index (χ4n) is 1.91. The summed E-state index contributed by atoms with van der Waals surface area (Å²) in [6.07, 6.45) is 0.717. The van der Waals surface area contributed by atoms with Crippen molar-refractivity contribution in [3.05, 3.63) is 63.6 Å². The lowest BCUT2D eigenvalue weighted by molar-refractivity contribution is 0.414. The summed E-state index contributed by atoms with van der Waals surface area (Å²) < 4.78 is 5.20. The maximum atomic E-state index is 6.19. The Hall–Kier alpha value is -1.22. The lowest BCUT2D eigenvalue weighted by Gasteiger charge is -2.13. The molecule has 2 N–H and O–H groups in total. The highest BCUT2D eigenvalue weighted by atomic mass is 35.5. The van der Waals surface area contributed by atoms with E-state index in [1.165, 1.54) is 0 Å². The van der Waals surface area contributed by atoms with Crippen LogP contribution in [0.3, 0.4) is 0 Å². The molecule has 4 heteroatoms. The van der Waals surface area contributed by atoms with E-state index in [4.69, 9.17) is 33.7 Å². The lowest BCUT2D eigenvalue weighted by Crippen LogP contribution is -2.13. The average Bonchev–Trinajstić information content (AvgIpc) is 2.42. The maximum Gasteiger partial charge on any atom is 0.119 e. The van der Waals surface area contributed by atoms with Gasteiger partial charge in [0.15, 0.2) is 0 Å². The highest BCUT2D eigenvalue weighted by Crippen LogP contribution is 2.26. The van der Waals surface area contributed by atoms with Crippen molar-refractivity contribution >= 4 is 23.2 Å². The van der Waals surface area contributed by atoms with Crippen molar-refractivity contribution in [1.29, 1.82) is 0 Å². The highest BCUT2D eigenvalue weighted by Gasteiger charge is 2.09. The van der Waals surface area contributed by atoms with Crippen LogP contribution in [0.25, 0.3) is 0 Å². The second kappa shape index (κ2) is 6.29. The van der Waals surface area contributed by atoms with E-state index in [9.17, 15) is 0 Å². The summed E-state index contributed by atoms with van der Waals surface area (Å²) in [5, 5.41) is 1.07. The van der Waals surface area contributed by atoms with Crippen molar-refractivity contribution in [1.82, 2.24) is 0 Å². The Kier molecular flexibility index (Phi) is 4.70. The van der Waals surface area contributed by atoms with Crippen molar-refractivity contribution in [2.75, 3.05) is 7.11 Å². The fraction of sp³-hybridized carbons (Fsp3) is 0.200. The van der Waals surface area contributed by atoms with Crippen LogP contribution in [0, 0.1) is 0 Å². The van der Waals surface area contributed by atoms with Crippen LogP contribution in [0.1, 0.15) is 17.2 Å². The molecule has 0 radical (unpaired) electrons. The molecule has 0 fully saturated rings. The van der Waals surface area contributed by atoms with E-state index >= 15 is 0 Å². The molecule has 0 saturated heterocycles.